The zero-order chi connectivity index (χ0) is 40.9. The van der Waals surface area contributed by atoms with Crippen molar-refractivity contribution in [1.29, 1.82) is 0 Å². The second-order valence-electron chi connectivity index (χ2n) is 15.3. The minimum Gasteiger partial charge on any atom is -0.481 e. The molecule has 0 fully saturated rings. The molecule has 1 amide bonds. The molecule has 59 heavy (non-hydrogen) atoms. The molecule has 1 heterocycles. The van der Waals surface area contributed by atoms with Crippen molar-refractivity contribution in [2.24, 2.45) is 10.7 Å². The van der Waals surface area contributed by atoms with E-state index in [4.69, 9.17) is 5.73 Å². The number of aryl methyl sites for hydroxylation is 1. The molecule has 2 atom stereocenters. The molecule has 0 saturated carbocycles. The van der Waals surface area contributed by atoms with Crippen LogP contribution >= 0.6 is 0 Å². The molecule has 1 aliphatic heterocycles. The molecule has 0 saturated heterocycles. The van der Waals surface area contributed by atoms with Gasteiger partial charge in [0.2, 0.25) is 0 Å². The lowest BCUT2D eigenvalue weighted by atomic mass is 9.69. The van der Waals surface area contributed by atoms with Crippen molar-refractivity contribution in [3.63, 3.8) is 0 Å². The average Bonchev–Trinajstić information content (AvgIpc) is 3.52. The third-order valence-electron chi connectivity index (χ3n) is 11.5. The number of hydrogen-bond donors (Lipinski definition) is 4. The van der Waals surface area contributed by atoms with Gasteiger partial charge in [0.1, 0.15) is 0 Å². The van der Waals surface area contributed by atoms with E-state index in [0.717, 1.165) is 86.3 Å². The molecule has 6 aromatic rings. The monoisotopic (exact) mass is 778 g/mol. The lowest BCUT2D eigenvalue weighted by Crippen LogP contribution is -2.25. The molecule has 2 aliphatic carbocycles. The number of aliphatic imine (C=N–C) groups is 1. The van der Waals surface area contributed by atoms with E-state index in [0.29, 0.717) is 29.8 Å². The first-order chi connectivity index (χ1) is 28.8. The second-order valence-corrected chi connectivity index (χ2v) is 15.3. The molecule has 0 spiro atoms. The number of nitrogens with zero attached hydrogens (tertiary/aromatic N) is 1. The molecule has 0 radical (unpaired) electrons. The average molecular weight is 779 g/mol. The second kappa shape index (κ2) is 17.3. The first-order valence-corrected chi connectivity index (χ1v) is 20.1. The largest absolute Gasteiger partial charge is 0.481 e. The van der Waals surface area contributed by atoms with Crippen LogP contribution < -0.4 is 16.4 Å². The van der Waals surface area contributed by atoms with Gasteiger partial charge in [0, 0.05) is 35.8 Å². The fourth-order valence-electron chi connectivity index (χ4n) is 8.66. The molecule has 0 aromatic heterocycles. The van der Waals surface area contributed by atoms with Crippen LogP contribution in [0.3, 0.4) is 0 Å². The van der Waals surface area contributed by atoms with Gasteiger partial charge in [-0.3, -0.25) is 19.4 Å². The number of carbonyl (C=O) groups excluding carboxylic acids is 2. The van der Waals surface area contributed by atoms with E-state index in [2.05, 4.69) is 52.9 Å². The van der Waals surface area contributed by atoms with E-state index in [9.17, 15) is 19.5 Å². The molecule has 9 rings (SSSR count). The lowest BCUT2D eigenvalue weighted by molar-refractivity contribution is -0.137. The highest BCUT2D eigenvalue weighted by Gasteiger charge is 2.36. The molecule has 8 heteroatoms. The number of amides is 1. The van der Waals surface area contributed by atoms with Crippen molar-refractivity contribution < 1.29 is 19.5 Å². The smallest absolute Gasteiger partial charge is 0.303 e. The quantitative estimate of drug-likeness (QED) is 0.114. The summed E-state index contributed by atoms with van der Waals surface area (Å²) in [5.74, 6) is -1.43. The van der Waals surface area contributed by atoms with Crippen molar-refractivity contribution >= 4 is 40.9 Å². The number of carbonyl (C=O) groups is 3. The Hall–Kier alpha value is -6.90. The molecule has 5 N–H and O–H groups in total. The first kappa shape index (κ1) is 38.9. The topological polar surface area (TPSA) is 134 Å². The van der Waals surface area contributed by atoms with Crippen molar-refractivity contribution in [2.75, 3.05) is 10.6 Å². The highest BCUT2D eigenvalue weighted by atomic mass is 16.4. The van der Waals surface area contributed by atoms with Gasteiger partial charge in [-0.1, -0.05) is 90.5 Å². The van der Waals surface area contributed by atoms with Crippen LogP contribution in [-0.2, 0) is 24.2 Å². The number of hydrogen-bond acceptors (Lipinski definition) is 6. The van der Waals surface area contributed by atoms with E-state index in [-0.39, 0.29) is 29.9 Å². The zero-order valence-corrected chi connectivity index (χ0v) is 33.0. The van der Waals surface area contributed by atoms with E-state index in [1.54, 1.807) is 36.5 Å². The van der Waals surface area contributed by atoms with E-state index in [1.807, 2.05) is 79.0 Å². The number of nitrogens with two attached hydrogens (primary N) is 1. The summed E-state index contributed by atoms with van der Waals surface area (Å²) in [6.45, 7) is 2.52. The number of ketones is 1. The summed E-state index contributed by atoms with van der Waals surface area (Å²) in [6.07, 6.45) is 8.78. The number of aliphatic carboxylic acids is 1. The van der Waals surface area contributed by atoms with E-state index in [1.165, 1.54) is 0 Å². The predicted octanol–water partition coefficient (Wildman–Crippen LogP) is 10.8. The normalized spacial score (nSPS) is 15.8. The number of para-hydroxylation sites is 2. The number of anilines is 2. The van der Waals surface area contributed by atoms with Crippen LogP contribution in [0.25, 0.3) is 22.3 Å². The molecule has 3 aliphatic rings. The Morgan fingerprint density at radius 1 is 0.847 bits per heavy atom. The number of benzene rings is 6. The Morgan fingerprint density at radius 2 is 1.61 bits per heavy atom. The summed E-state index contributed by atoms with van der Waals surface area (Å²) in [6, 6.07) is 41.1. The van der Waals surface area contributed by atoms with Gasteiger partial charge in [0.15, 0.2) is 5.78 Å². The maximum atomic E-state index is 14.4. The number of nitrogens with one attached hydrogen (secondary N) is 2. The van der Waals surface area contributed by atoms with Crippen LogP contribution in [0.2, 0.25) is 0 Å². The third kappa shape index (κ3) is 8.40. The van der Waals surface area contributed by atoms with Crippen molar-refractivity contribution in [1.82, 2.24) is 0 Å². The van der Waals surface area contributed by atoms with Gasteiger partial charge < -0.3 is 21.5 Å². The molecule has 294 valence electrons. The van der Waals surface area contributed by atoms with E-state index >= 15 is 0 Å². The first-order valence-electron chi connectivity index (χ1n) is 20.1. The molecule has 6 aromatic carbocycles. The van der Waals surface area contributed by atoms with Gasteiger partial charge in [0.25, 0.3) is 5.91 Å². The summed E-state index contributed by atoms with van der Waals surface area (Å²) < 4.78 is 0. The van der Waals surface area contributed by atoms with Crippen LogP contribution in [0.5, 0.6) is 0 Å². The number of allylic oxidation sites excluding steroid dienone is 1. The summed E-state index contributed by atoms with van der Waals surface area (Å²) >= 11 is 0. The zero-order valence-electron chi connectivity index (χ0n) is 33.0. The number of carboxylic acids is 1. The molecular weight excluding hydrogens is 733 g/mol. The number of fused-ring (bicyclic) bond motifs is 6. The van der Waals surface area contributed by atoms with Crippen molar-refractivity contribution in [2.45, 2.75) is 57.4 Å². The maximum Gasteiger partial charge on any atom is 0.303 e. The highest BCUT2D eigenvalue weighted by Crippen LogP contribution is 2.48. The molecule has 8 nitrogen and oxygen atoms in total. The summed E-state index contributed by atoms with van der Waals surface area (Å²) in [4.78, 5) is 43.8. The summed E-state index contributed by atoms with van der Waals surface area (Å²) in [5, 5.41) is 15.7. The summed E-state index contributed by atoms with van der Waals surface area (Å²) in [5.41, 5.74) is 20.1. The Morgan fingerprint density at radius 3 is 2.41 bits per heavy atom. The van der Waals surface area contributed by atoms with Crippen LogP contribution in [0.4, 0.5) is 17.1 Å². The van der Waals surface area contributed by atoms with Gasteiger partial charge in [-0.05, 0) is 137 Å². The Labute approximate surface area is 344 Å². The van der Waals surface area contributed by atoms with Gasteiger partial charge in [0.05, 0.1) is 23.7 Å². The van der Waals surface area contributed by atoms with Gasteiger partial charge in [-0.15, -0.1) is 0 Å². The van der Waals surface area contributed by atoms with Gasteiger partial charge in [-0.25, -0.2) is 0 Å². The molecular formula is C51H46N4O4. The maximum absolute atomic E-state index is 14.4. The Kier molecular flexibility index (Phi) is 11.4. The van der Waals surface area contributed by atoms with Crippen LogP contribution in [0.1, 0.15) is 85.2 Å². The van der Waals surface area contributed by atoms with Crippen molar-refractivity contribution in [3.8, 4) is 22.3 Å². The number of Topliss-reactive ketones (excluding diaryl/α,β-unsaturated/α-hetero) is 1. The van der Waals surface area contributed by atoms with Crippen LogP contribution in [0.15, 0.2) is 145 Å². The van der Waals surface area contributed by atoms with Crippen molar-refractivity contribution in [3.05, 3.63) is 184 Å². The standard InChI is InChI=1S/C42H38N2O4.C9H8N2/c1-25-9-18-34-30(21-25)22-38(40-35-8-4-5-29(23-39(45)46)33(35)19-20-36(34)40)41(47)28-14-16-31(17-15-28)44-42(48)37-7-3-2-6-32(37)27-12-10-26(24-43)11-13-27;1-2-5-9-8(4-1)10-6-3-7-11-9/h2-3,6-7,9-21,29,38H,4-5,8,22-24,43H2,1H3,(H,44,48)(H,45,46);1-7,10H. The highest BCUT2D eigenvalue weighted by molar-refractivity contribution is 6.09. The van der Waals surface area contributed by atoms with Crippen LogP contribution in [-0.4, -0.2) is 29.0 Å². The van der Waals surface area contributed by atoms with Gasteiger partial charge in [-0.2, -0.15) is 0 Å². The Bertz CT molecular complexity index is 2610. The summed E-state index contributed by atoms with van der Waals surface area (Å²) in [7, 11) is 0. The molecule has 2 unspecified atom stereocenters. The molecule has 0 bridgehead atoms. The fourth-order valence-corrected chi connectivity index (χ4v) is 8.66. The van der Waals surface area contributed by atoms with Gasteiger partial charge >= 0.3 is 5.97 Å². The fraction of sp³-hybridized carbons (Fsp3) is 0.176. The Balaban J connectivity index is 0.000000378. The van der Waals surface area contributed by atoms with Crippen LogP contribution in [0, 0.1) is 6.92 Å². The number of rotatable bonds is 8. The SMILES string of the molecule is C1=CNc2ccccc2N=C1.Cc1ccc2c(c1)CC(C(=O)c1ccc(NC(=O)c3ccccc3-c3ccc(CN)cc3)cc1)c1c-2ccc2c1CCCC2CC(=O)O. The minimum atomic E-state index is -0.796. The lowest BCUT2D eigenvalue weighted by Gasteiger charge is -2.34. The number of carboxylic acid groups (broad SMARTS) is 1. The van der Waals surface area contributed by atoms with E-state index < -0.39 is 5.97 Å². The third-order valence-corrected chi connectivity index (χ3v) is 11.5. The predicted molar refractivity (Wildman–Crippen MR) is 237 cm³/mol. The minimum absolute atomic E-state index is 0.0290.